The molecule has 0 fully saturated rings. The first kappa shape index (κ1) is 25.8. The van der Waals surface area contributed by atoms with Crippen LogP contribution in [0.1, 0.15) is 18.2 Å². The zero-order valence-electron chi connectivity index (χ0n) is 19.8. The molecule has 0 spiro atoms. The van der Waals surface area contributed by atoms with E-state index in [4.69, 9.17) is 18.6 Å². The summed E-state index contributed by atoms with van der Waals surface area (Å²) in [6.07, 6.45) is 2.82. The summed E-state index contributed by atoms with van der Waals surface area (Å²) in [6, 6.07) is 15.2. The lowest BCUT2D eigenvalue weighted by molar-refractivity contribution is -0.139. The number of anilines is 1. The van der Waals surface area contributed by atoms with Gasteiger partial charge in [-0.2, -0.15) is 5.10 Å². The lowest BCUT2D eigenvalue weighted by Gasteiger charge is -2.13. The molecule has 0 aliphatic heterocycles. The fourth-order valence-corrected chi connectivity index (χ4v) is 2.88. The molecule has 3 N–H and O–H groups in total. The van der Waals surface area contributed by atoms with Crippen molar-refractivity contribution in [2.24, 2.45) is 5.10 Å². The van der Waals surface area contributed by atoms with Crippen LogP contribution in [0.4, 0.5) is 5.69 Å². The molecule has 0 bridgehead atoms. The average Bonchev–Trinajstić information content (AvgIpc) is 3.41. The average molecular weight is 495 g/mol. The monoisotopic (exact) mass is 494 g/mol. The molecule has 3 aromatic rings. The van der Waals surface area contributed by atoms with Crippen molar-refractivity contribution in [2.75, 3.05) is 25.6 Å². The van der Waals surface area contributed by atoms with E-state index >= 15 is 0 Å². The van der Waals surface area contributed by atoms with E-state index in [-0.39, 0.29) is 19.1 Å². The number of carbonyl (C=O) groups excluding carboxylic acids is 3. The molecule has 0 saturated heterocycles. The molecule has 11 nitrogen and oxygen atoms in total. The van der Waals surface area contributed by atoms with Crippen LogP contribution in [0, 0.1) is 0 Å². The first-order chi connectivity index (χ1) is 17.5. The minimum atomic E-state index is -0.925. The van der Waals surface area contributed by atoms with E-state index in [0.29, 0.717) is 40.9 Å². The molecular weight excluding hydrogens is 468 g/mol. The number of hydrazone groups is 1. The van der Waals surface area contributed by atoms with Crippen LogP contribution in [-0.4, -0.2) is 44.3 Å². The number of nitrogens with one attached hydrogen (secondary N) is 3. The Hall–Kier alpha value is -4.80. The van der Waals surface area contributed by atoms with Crippen LogP contribution in [-0.2, 0) is 20.9 Å². The van der Waals surface area contributed by atoms with Crippen molar-refractivity contribution in [2.45, 2.75) is 13.5 Å². The Bertz CT molecular complexity index is 1190. The topological polar surface area (TPSA) is 140 Å². The number of methoxy groups -OCH3 is 1. The van der Waals surface area contributed by atoms with Gasteiger partial charge in [0.15, 0.2) is 18.1 Å². The molecule has 0 radical (unpaired) electrons. The van der Waals surface area contributed by atoms with Gasteiger partial charge in [-0.05, 0) is 67.1 Å². The first-order valence-electron chi connectivity index (χ1n) is 11.0. The van der Waals surface area contributed by atoms with Crippen LogP contribution >= 0.6 is 0 Å². The fraction of sp³-hybridized carbons (Fsp3) is 0.200. The van der Waals surface area contributed by atoms with E-state index in [0.717, 1.165) is 0 Å². The molecule has 0 unspecified atom stereocenters. The Morgan fingerprint density at radius 1 is 1.00 bits per heavy atom. The maximum Gasteiger partial charge on any atom is 0.329 e. The summed E-state index contributed by atoms with van der Waals surface area (Å²) in [7, 11) is 1.56. The Labute approximate surface area is 207 Å². The number of carbonyl (C=O) groups is 3. The minimum absolute atomic E-state index is 0.0836. The van der Waals surface area contributed by atoms with E-state index in [9.17, 15) is 14.4 Å². The van der Waals surface area contributed by atoms with Crippen molar-refractivity contribution >= 4 is 29.6 Å². The van der Waals surface area contributed by atoms with Crippen molar-refractivity contribution in [3.8, 4) is 17.2 Å². The second-order valence-corrected chi connectivity index (χ2v) is 7.17. The number of benzene rings is 2. The largest absolute Gasteiger partial charge is 0.497 e. The predicted octanol–water partition coefficient (Wildman–Crippen LogP) is 2.47. The summed E-state index contributed by atoms with van der Waals surface area (Å²) in [6.45, 7) is 2.02. The summed E-state index contributed by atoms with van der Waals surface area (Å²) >= 11 is 0. The number of hydrogen-bond donors (Lipinski definition) is 3. The molecule has 36 heavy (non-hydrogen) atoms. The Balaban J connectivity index is 1.51. The maximum absolute atomic E-state index is 12.2. The molecule has 0 saturated carbocycles. The number of nitrogens with zero attached hydrogens (tertiary/aromatic N) is 1. The Kier molecular flexibility index (Phi) is 9.45. The number of rotatable bonds is 11. The Morgan fingerprint density at radius 2 is 1.81 bits per heavy atom. The molecule has 3 rings (SSSR count). The normalized spacial score (nSPS) is 10.5. The molecule has 2 aromatic carbocycles. The third-order valence-corrected chi connectivity index (χ3v) is 4.59. The molecule has 11 heteroatoms. The molecule has 0 atom stereocenters. The third-order valence-electron chi connectivity index (χ3n) is 4.59. The van der Waals surface area contributed by atoms with Gasteiger partial charge in [0, 0.05) is 5.69 Å². The number of amides is 3. The lowest BCUT2D eigenvalue weighted by Crippen LogP contribution is -2.37. The number of furan rings is 1. The van der Waals surface area contributed by atoms with Gasteiger partial charge in [0.05, 0.1) is 32.7 Å². The van der Waals surface area contributed by atoms with E-state index in [1.165, 1.54) is 12.5 Å². The highest BCUT2D eigenvalue weighted by Gasteiger charge is 2.13. The lowest BCUT2D eigenvalue weighted by atomic mass is 10.2. The van der Waals surface area contributed by atoms with Crippen LogP contribution in [0.2, 0.25) is 0 Å². The quantitative estimate of drug-likeness (QED) is 0.211. The minimum Gasteiger partial charge on any atom is -0.497 e. The van der Waals surface area contributed by atoms with Gasteiger partial charge in [-0.25, -0.2) is 5.43 Å². The van der Waals surface area contributed by atoms with E-state index in [1.54, 1.807) is 61.7 Å². The standard InChI is InChI=1S/C25H26N4O7/c1-3-34-22-13-17(14-27-29-25(32)24(31)26-15-20-5-4-12-35-20)6-11-21(22)36-16-23(30)28-18-7-9-19(33-2)10-8-18/h4-14H,3,15-16H2,1-2H3,(H,26,31)(H,28,30)(H,29,32)/b27-14-. The van der Waals surface area contributed by atoms with Gasteiger partial charge >= 0.3 is 11.8 Å². The van der Waals surface area contributed by atoms with E-state index < -0.39 is 11.8 Å². The Morgan fingerprint density at radius 3 is 2.50 bits per heavy atom. The second-order valence-electron chi connectivity index (χ2n) is 7.17. The van der Waals surface area contributed by atoms with E-state index in [1.807, 2.05) is 6.92 Å². The van der Waals surface area contributed by atoms with Gasteiger partial charge in [-0.1, -0.05) is 0 Å². The van der Waals surface area contributed by atoms with Gasteiger partial charge in [-0.3, -0.25) is 14.4 Å². The van der Waals surface area contributed by atoms with Gasteiger partial charge in [0.1, 0.15) is 11.5 Å². The first-order valence-corrected chi connectivity index (χ1v) is 11.0. The summed E-state index contributed by atoms with van der Waals surface area (Å²) in [4.78, 5) is 35.9. The molecule has 1 aromatic heterocycles. The number of ether oxygens (including phenoxy) is 3. The highest BCUT2D eigenvalue weighted by atomic mass is 16.5. The van der Waals surface area contributed by atoms with Crippen LogP contribution < -0.4 is 30.3 Å². The maximum atomic E-state index is 12.2. The van der Waals surface area contributed by atoms with Gasteiger partial charge in [-0.15, -0.1) is 0 Å². The zero-order chi connectivity index (χ0) is 25.8. The summed E-state index contributed by atoms with van der Waals surface area (Å²) < 4.78 is 21.4. The van der Waals surface area contributed by atoms with Gasteiger partial charge in [0.2, 0.25) is 0 Å². The second kappa shape index (κ2) is 13.2. The fourth-order valence-electron chi connectivity index (χ4n) is 2.88. The van der Waals surface area contributed by atoms with Crippen LogP contribution in [0.25, 0.3) is 0 Å². The SMILES string of the molecule is CCOc1cc(/C=N\NC(=O)C(=O)NCc2ccco2)ccc1OCC(=O)Nc1ccc(OC)cc1. The predicted molar refractivity (Wildman–Crippen MR) is 131 cm³/mol. The van der Waals surface area contributed by atoms with Gasteiger partial charge in [0.25, 0.3) is 5.91 Å². The molecule has 0 aliphatic rings. The highest BCUT2D eigenvalue weighted by molar-refractivity contribution is 6.35. The van der Waals surface area contributed by atoms with E-state index in [2.05, 4.69) is 21.2 Å². The van der Waals surface area contributed by atoms with Crippen molar-refractivity contribution in [1.29, 1.82) is 0 Å². The summed E-state index contributed by atoms with van der Waals surface area (Å²) in [5.74, 6) is -0.172. The smallest absolute Gasteiger partial charge is 0.329 e. The highest BCUT2D eigenvalue weighted by Crippen LogP contribution is 2.28. The van der Waals surface area contributed by atoms with Crippen molar-refractivity contribution in [3.63, 3.8) is 0 Å². The third kappa shape index (κ3) is 7.90. The molecule has 188 valence electrons. The molecular formula is C25H26N4O7. The zero-order valence-corrected chi connectivity index (χ0v) is 19.8. The van der Waals surface area contributed by atoms with Crippen molar-refractivity contribution in [1.82, 2.24) is 10.7 Å². The molecule has 3 amide bonds. The van der Waals surface area contributed by atoms with Crippen molar-refractivity contribution in [3.05, 3.63) is 72.2 Å². The van der Waals surface area contributed by atoms with Crippen LogP contribution in [0.3, 0.4) is 0 Å². The summed E-state index contributed by atoms with van der Waals surface area (Å²) in [5.41, 5.74) is 3.34. The van der Waals surface area contributed by atoms with Gasteiger partial charge < -0.3 is 29.3 Å². The number of hydrogen-bond acceptors (Lipinski definition) is 8. The summed E-state index contributed by atoms with van der Waals surface area (Å²) in [5, 5.41) is 8.94. The van der Waals surface area contributed by atoms with Crippen LogP contribution in [0.15, 0.2) is 70.4 Å². The molecule has 0 aliphatic carbocycles. The van der Waals surface area contributed by atoms with Crippen LogP contribution in [0.5, 0.6) is 17.2 Å². The molecule has 1 heterocycles. The van der Waals surface area contributed by atoms with Crippen molar-refractivity contribution < 1.29 is 33.0 Å².